The van der Waals surface area contributed by atoms with Gasteiger partial charge in [-0.05, 0) is 25.3 Å². The van der Waals surface area contributed by atoms with E-state index in [0.29, 0.717) is 24.6 Å². The molecule has 24 heavy (non-hydrogen) atoms. The van der Waals surface area contributed by atoms with Gasteiger partial charge in [-0.2, -0.15) is 0 Å². The fraction of sp³-hybridized carbons (Fsp3) is 0.412. The SMILES string of the molecule is Cc1nnc(NC(=O)[C@@H]2CCCN(C(=O)Cc3ccccc3)C2)s1. The normalized spacial score (nSPS) is 17.5. The first kappa shape index (κ1) is 16.6. The number of aromatic nitrogens is 2. The summed E-state index contributed by atoms with van der Waals surface area (Å²) in [5.74, 6) is -0.198. The van der Waals surface area contributed by atoms with Crippen molar-refractivity contribution in [3.05, 3.63) is 40.9 Å². The number of aryl methyl sites for hydroxylation is 1. The van der Waals surface area contributed by atoms with E-state index < -0.39 is 0 Å². The van der Waals surface area contributed by atoms with E-state index in [0.717, 1.165) is 23.4 Å². The molecule has 0 aliphatic carbocycles. The van der Waals surface area contributed by atoms with Gasteiger partial charge in [-0.15, -0.1) is 10.2 Å². The Bertz CT molecular complexity index is 716. The molecule has 0 saturated carbocycles. The van der Waals surface area contributed by atoms with E-state index in [4.69, 9.17) is 0 Å². The van der Waals surface area contributed by atoms with Gasteiger partial charge in [-0.1, -0.05) is 41.7 Å². The largest absolute Gasteiger partial charge is 0.342 e. The van der Waals surface area contributed by atoms with E-state index in [1.165, 1.54) is 11.3 Å². The summed E-state index contributed by atoms with van der Waals surface area (Å²) in [5.41, 5.74) is 0.999. The molecule has 7 heteroatoms. The minimum absolute atomic E-state index is 0.0745. The summed E-state index contributed by atoms with van der Waals surface area (Å²) < 4.78 is 0. The number of anilines is 1. The molecular formula is C17H20N4O2S. The molecule has 0 radical (unpaired) electrons. The summed E-state index contributed by atoms with van der Waals surface area (Å²) in [6.45, 7) is 3.03. The fourth-order valence-corrected chi connectivity index (χ4v) is 3.45. The second kappa shape index (κ2) is 7.53. The van der Waals surface area contributed by atoms with Crippen LogP contribution in [-0.2, 0) is 16.0 Å². The predicted molar refractivity (Wildman–Crippen MR) is 92.7 cm³/mol. The van der Waals surface area contributed by atoms with Crippen molar-refractivity contribution in [2.24, 2.45) is 5.92 Å². The Morgan fingerprint density at radius 1 is 1.29 bits per heavy atom. The van der Waals surface area contributed by atoms with Gasteiger partial charge in [0.2, 0.25) is 16.9 Å². The molecule has 6 nitrogen and oxygen atoms in total. The molecule has 1 aliphatic rings. The number of piperidine rings is 1. The third-order valence-electron chi connectivity index (χ3n) is 4.10. The van der Waals surface area contributed by atoms with Crippen molar-refractivity contribution in [3.8, 4) is 0 Å². The number of benzene rings is 1. The summed E-state index contributed by atoms with van der Waals surface area (Å²) in [6, 6.07) is 9.69. The first-order valence-corrected chi connectivity index (χ1v) is 8.86. The summed E-state index contributed by atoms with van der Waals surface area (Å²) in [4.78, 5) is 26.7. The maximum atomic E-state index is 12.5. The minimum Gasteiger partial charge on any atom is -0.342 e. The molecule has 1 aliphatic heterocycles. The maximum absolute atomic E-state index is 12.5. The van der Waals surface area contributed by atoms with E-state index in [9.17, 15) is 9.59 Å². The second-order valence-corrected chi connectivity index (χ2v) is 7.14. The lowest BCUT2D eigenvalue weighted by atomic mass is 9.96. The van der Waals surface area contributed by atoms with Crippen LogP contribution >= 0.6 is 11.3 Å². The molecule has 1 aromatic heterocycles. The lowest BCUT2D eigenvalue weighted by Gasteiger charge is -2.32. The Morgan fingerprint density at radius 3 is 2.79 bits per heavy atom. The Balaban J connectivity index is 1.57. The molecule has 1 atom stereocenters. The van der Waals surface area contributed by atoms with Crippen molar-refractivity contribution >= 4 is 28.3 Å². The summed E-state index contributed by atoms with van der Waals surface area (Å²) >= 11 is 1.35. The standard InChI is InChI=1S/C17H20N4O2S/c1-12-19-20-17(24-12)18-16(23)14-8-5-9-21(11-14)15(22)10-13-6-3-2-4-7-13/h2-4,6-7,14H,5,8-11H2,1H3,(H,18,20,23)/t14-/m1/s1. The van der Waals surface area contributed by atoms with Crippen LogP contribution in [-0.4, -0.2) is 40.0 Å². The molecule has 1 N–H and O–H groups in total. The number of hydrogen-bond acceptors (Lipinski definition) is 5. The Kier molecular flexibility index (Phi) is 5.20. The second-order valence-electron chi connectivity index (χ2n) is 5.96. The Morgan fingerprint density at radius 2 is 2.08 bits per heavy atom. The van der Waals surface area contributed by atoms with Crippen molar-refractivity contribution < 1.29 is 9.59 Å². The van der Waals surface area contributed by atoms with Crippen molar-refractivity contribution in [1.29, 1.82) is 0 Å². The van der Waals surface area contributed by atoms with E-state index >= 15 is 0 Å². The number of hydrogen-bond donors (Lipinski definition) is 1. The number of carbonyl (C=O) groups excluding carboxylic acids is 2. The molecule has 2 aromatic rings. The molecule has 2 amide bonds. The van der Waals surface area contributed by atoms with Crippen molar-refractivity contribution in [2.45, 2.75) is 26.2 Å². The number of nitrogens with zero attached hydrogens (tertiary/aromatic N) is 3. The van der Waals surface area contributed by atoms with Gasteiger partial charge in [-0.25, -0.2) is 0 Å². The zero-order valence-corrected chi connectivity index (χ0v) is 14.4. The Hall–Kier alpha value is -2.28. The number of likely N-dealkylation sites (tertiary alicyclic amines) is 1. The van der Waals surface area contributed by atoms with Crippen LogP contribution in [0.1, 0.15) is 23.4 Å². The highest BCUT2D eigenvalue weighted by atomic mass is 32.1. The van der Waals surface area contributed by atoms with Gasteiger partial charge in [0.1, 0.15) is 5.01 Å². The topological polar surface area (TPSA) is 75.2 Å². The molecule has 1 aromatic carbocycles. The molecule has 2 heterocycles. The van der Waals surface area contributed by atoms with Gasteiger partial charge in [0.05, 0.1) is 12.3 Å². The molecule has 1 fully saturated rings. The highest BCUT2D eigenvalue weighted by Crippen LogP contribution is 2.21. The molecule has 126 valence electrons. The first-order valence-electron chi connectivity index (χ1n) is 8.04. The average molecular weight is 344 g/mol. The quantitative estimate of drug-likeness (QED) is 0.923. The van der Waals surface area contributed by atoms with Gasteiger partial charge < -0.3 is 10.2 Å². The highest BCUT2D eigenvalue weighted by Gasteiger charge is 2.28. The molecule has 0 spiro atoms. The van der Waals surface area contributed by atoms with Gasteiger partial charge in [-0.3, -0.25) is 9.59 Å². The summed E-state index contributed by atoms with van der Waals surface area (Å²) in [5, 5.41) is 12.0. The van der Waals surface area contributed by atoms with Gasteiger partial charge in [0.15, 0.2) is 0 Å². The van der Waals surface area contributed by atoms with Crippen LogP contribution in [0.3, 0.4) is 0 Å². The number of nitrogens with one attached hydrogen (secondary N) is 1. The third kappa shape index (κ3) is 4.17. The van der Waals surface area contributed by atoms with Crippen LogP contribution in [0.4, 0.5) is 5.13 Å². The third-order valence-corrected chi connectivity index (χ3v) is 4.85. The first-order chi connectivity index (χ1) is 11.6. The summed E-state index contributed by atoms with van der Waals surface area (Å²) in [6.07, 6.45) is 2.01. The monoisotopic (exact) mass is 344 g/mol. The lowest BCUT2D eigenvalue weighted by Crippen LogP contribution is -2.44. The molecule has 0 unspecified atom stereocenters. The van der Waals surface area contributed by atoms with Gasteiger partial charge >= 0.3 is 0 Å². The van der Waals surface area contributed by atoms with E-state index in [1.54, 1.807) is 4.90 Å². The number of rotatable bonds is 4. The van der Waals surface area contributed by atoms with E-state index in [-0.39, 0.29) is 17.7 Å². The average Bonchev–Trinajstić information content (AvgIpc) is 3.00. The zero-order valence-electron chi connectivity index (χ0n) is 13.6. The molecule has 3 rings (SSSR count). The van der Waals surface area contributed by atoms with Crippen LogP contribution < -0.4 is 5.32 Å². The van der Waals surface area contributed by atoms with Crippen LogP contribution in [0.5, 0.6) is 0 Å². The number of carbonyl (C=O) groups is 2. The maximum Gasteiger partial charge on any atom is 0.231 e. The van der Waals surface area contributed by atoms with Crippen LogP contribution in [0.2, 0.25) is 0 Å². The number of amides is 2. The Labute approximate surface area is 144 Å². The zero-order chi connectivity index (χ0) is 16.9. The van der Waals surface area contributed by atoms with E-state index in [1.807, 2.05) is 37.3 Å². The lowest BCUT2D eigenvalue weighted by molar-refractivity contribution is -0.133. The highest BCUT2D eigenvalue weighted by molar-refractivity contribution is 7.15. The molecule has 1 saturated heterocycles. The van der Waals surface area contributed by atoms with Crippen LogP contribution in [0, 0.1) is 12.8 Å². The van der Waals surface area contributed by atoms with Gasteiger partial charge in [0, 0.05) is 13.1 Å². The van der Waals surface area contributed by atoms with Crippen molar-refractivity contribution in [1.82, 2.24) is 15.1 Å². The van der Waals surface area contributed by atoms with E-state index in [2.05, 4.69) is 15.5 Å². The molecule has 0 bridgehead atoms. The van der Waals surface area contributed by atoms with Crippen LogP contribution in [0.25, 0.3) is 0 Å². The predicted octanol–water partition coefficient (Wildman–Crippen LogP) is 2.27. The fourth-order valence-electron chi connectivity index (χ4n) is 2.85. The minimum atomic E-state index is -0.192. The van der Waals surface area contributed by atoms with Crippen molar-refractivity contribution in [2.75, 3.05) is 18.4 Å². The van der Waals surface area contributed by atoms with Crippen molar-refractivity contribution in [3.63, 3.8) is 0 Å². The molecular weight excluding hydrogens is 324 g/mol. The van der Waals surface area contributed by atoms with Gasteiger partial charge in [0.25, 0.3) is 0 Å². The summed E-state index contributed by atoms with van der Waals surface area (Å²) in [7, 11) is 0. The smallest absolute Gasteiger partial charge is 0.231 e. The van der Waals surface area contributed by atoms with Crippen LogP contribution in [0.15, 0.2) is 30.3 Å².